The van der Waals surface area contributed by atoms with Gasteiger partial charge in [-0.15, -0.1) is 9.19 Å². The number of nitrogens with zero attached hydrogens (tertiary/aromatic N) is 3. The van der Waals surface area contributed by atoms with Crippen LogP contribution in [0.5, 0.6) is 0 Å². The Morgan fingerprint density at radius 3 is 2.83 bits per heavy atom. The van der Waals surface area contributed by atoms with E-state index in [2.05, 4.69) is 15.3 Å². The van der Waals surface area contributed by atoms with Gasteiger partial charge in [0.2, 0.25) is 0 Å². The van der Waals surface area contributed by atoms with Gasteiger partial charge in [-0.3, -0.25) is 4.98 Å². The van der Waals surface area contributed by atoms with Gasteiger partial charge in [0.1, 0.15) is 11.0 Å². The maximum absolute atomic E-state index is 12.7. The Morgan fingerprint density at radius 1 is 1.17 bits per heavy atom. The molecule has 1 N–H and O–H groups in total. The van der Waals surface area contributed by atoms with Crippen molar-refractivity contribution in [1.82, 2.24) is 19.4 Å². The number of aromatic nitrogens is 4. The molecule has 8 nitrogen and oxygen atoms in total. The molecule has 4 aromatic rings. The average Bonchev–Trinajstić information content (AvgIpc) is 3.08. The van der Waals surface area contributed by atoms with Crippen molar-refractivity contribution in [3.05, 3.63) is 52.0 Å². The van der Waals surface area contributed by atoms with Gasteiger partial charge in [0, 0.05) is 5.02 Å². The van der Waals surface area contributed by atoms with Gasteiger partial charge in [-0.05, 0) is 36.4 Å². The molecule has 0 aliphatic heterocycles. The molecule has 0 bridgehead atoms. The Kier molecular flexibility index (Phi) is 2.84. The summed E-state index contributed by atoms with van der Waals surface area (Å²) < 4.78 is 31.2. The average molecular weight is 351 g/mol. The van der Waals surface area contributed by atoms with E-state index in [9.17, 15) is 13.2 Å². The van der Waals surface area contributed by atoms with E-state index in [1.807, 2.05) is 0 Å². The van der Waals surface area contributed by atoms with Crippen molar-refractivity contribution in [2.75, 3.05) is 0 Å². The van der Waals surface area contributed by atoms with E-state index in [0.717, 1.165) is 4.09 Å². The molecule has 0 amide bonds. The number of hydrogen-bond donors (Lipinski definition) is 1. The van der Waals surface area contributed by atoms with Crippen molar-refractivity contribution in [2.45, 2.75) is 4.90 Å². The van der Waals surface area contributed by atoms with Gasteiger partial charge < -0.3 is 4.42 Å². The fraction of sp³-hybridized carbons (Fsp3) is 0. The summed E-state index contributed by atoms with van der Waals surface area (Å²) in [7, 11) is -3.98. The molecule has 2 aromatic heterocycles. The molecular weight excluding hydrogens is 344 g/mol. The molecule has 4 rings (SSSR count). The fourth-order valence-corrected chi connectivity index (χ4v) is 3.66. The highest BCUT2D eigenvalue weighted by Crippen LogP contribution is 2.23. The molecule has 0 aliphatic carbocycles. The van der Waals surface area contributed by atoms with E-state index in [1.165, 1.54) is 30.3 Å². The molecule has 116 valence electrons. The lowest BCUT2D eigenvalue weighted by molar-refractivity contribution is 0.555. The molecule has 0 fully saturated rings. The van der Waals surface area contributed by atoms with Gasteiger partial charge in [-0.25, -0.2) is 4.79 Å². The molecule has 10 heteroatoms. The monoisotopic (exact) mass is 350 g/mol. The largest absolute Gasteiger partial charge is 0.417 e. The topological polar surface area (TPSA) is 111 Å². The first-order chi connectivity index (χ1) is 10.9. The number of hydrogen-bond acceptors (Lipinski definition) is 6. The van der Waals surface area contributed by atoms with Crippen molar-refractivity contribution >= 4 is 43.8 Å². The van der Waals surface area contributed by atoms with Crippen LogP contribution in [0.15, 0.2) is 50.5 Å². The summed E-state index contributed by atoms with van der Waals surface area (Å²) in [5.74, 6) is -0.657. The molecule has 0 atom stereocenters. The third kappa shape index (κ3) is 2.13. The van der Waals surface area contributed by atoms with Crippen molar-refractivity contribution in [3.63, 3.8) is 0 Å². The summed E-state index contributed by atoms with van der Waals surface area (Å²) in [5.41, 5.74) is 1.21. The third-order valence-electron chi connectivity index (χ3n) is 3.29. The lowest BCUT2D eigenvalue weighted by atomic mass is 10.3. The molecular formula is C13H7ClN4O4S. The lowest BCUT2D eigenvalue weighted by Crippen LogP contribution is -2.14. The summed E-state index contributed by atoms with van der Waals surface area (Å²) in [4.78, 5) is 13.5. The van der Waals surface area contributed by atoms with Gasteiger partial charge in [0.05, 0.1) is 10.4 Å². The zero-order chi connectivity index (χ0) is 16.2. The van der Waals surface area contributed by atoms with Crippen molar-refractivity contribution < 1.29 is 12.8 Å². The quantitative estimate of drug-likeness (QED) is 0.589. The molecule has 0 saturated carbocycles. The maximum atomic E-state index is 12.7. The van der Waals surface area contributed by atoms with Gasteiger partial charge in [-0.2, -0.15) is 8.42 Å². The number of nitrogens with one attached hydrogen (secondary N) is 1. The summed E-state index contributed by atoms with van der Waals surface area (Å²) in [6.45, 7) is 0. The molecule has 0 spiro atoms. The Bertz CT molecular complexity index is 1220. The number of aromatic amines is 1. The van der Waals surface area contributed by atoms with Crippen LogP contribution >= 0.6 is 11.6 Å². The first-order valence-corrected chi connectivity index (χ1v) is 8.16. The number of halogens is 1. The first kappa shape index (κ1) is 14.0. The van der Waals surface area contributed by atoms with Crippen LogP contribution < -0.4 is 5.76 Å². The maximum Gasteiger partial charge on any atom is 0.417 e. The number of fused-ring (bicyclic) bond motifs is 2. The second kappa shape index (κ2) is 4.67. The van der Waals surface area contributed by atoms with E-state index < -0.39 is 15.8 Å². The summed E-state index contributed by atoms with van der Waals surface area (Å²) in [6.07, 6.45) is 0. The Balaban J connectivity index is 1.95. The Labute approximate surface area is 133 Å². The predicted octanol–water partition coefficient (Wildman–Crippen LogP) is 1.76. The summed E-state index contributed by atoms with van der Waals surface area (Å²) >= 11 is 5.86. The number of H-pyrrole nitrogens is 1. The van der Waals surface area contributed by atoms with Gasteiger partial charge in [0.15, 0.2) is 5.58 Å². The lowest BCUT2D eigenvalue weighted by Gasteiger charge is -2.04. The van der Waals surface area contributed by atoms with Crippen LogP contribution in [0.3, 0.4) is 0 Å². The molecule has 0 saturated heterocycles. The normalized spacial score (nSPS) is 12.2. The van der Waals surface area contributed by atoms with E-state index >= 15 is 0 Å². The van der Waals surface area contributed by atoms with E-state index in [1.54, 1.807) is 6.07 Å². The second-order valence-electron chi connectivity index (χ2n) is 4.74. The van der Waals surface area contributed by atoms with Crippen LogP contribution in [0.25, 0.3) is 22.1 Å². The predicted molar refractivity (Wildman–Crippen MR) is 82.0 cm³/mol. The van der Waals surface area contributed by atoms with Crippen LogP contribution in [-0.4, -0.2) is 27.8 Å². The Hall–Kier alpha value is -2.65. The standard InChI is InChI=1S/C13H7ClN4O4S/c14-7-1-3-11-9(5-7)16-17-18(11)23(20,21)8-2-4-12-10(6-8)15-13(19)22-12/h1-6H,(H,15,19). The Morgan fingerprint density at radius 2 is 2.00 bits per heavy atom. The number of benzene rings is 2. The van der Waals surface area contributed by atoms with Crippen molar-refractivity contribution in [1.29, 1.82) is 0 Å². The van der Waals surface area contributed by atoms with Crippen molar-refractivity contribution in [2.24, 2.45) is 0 Å². The van der Waals surface area contributed by atoms with E-state index in [0.29, 0.717) is 16.1 Å². The molecule has 0 unspecified atom stereocenters. The van der Waals surface area contributed by atoms with Crippen molar-refractivity contribution in [3.8, 4) is 0 Å². The highest BCUT2D eigenvalue weighted by Gasteiger charge is 2.22. The molecule has 0 radical (unpaired) electrons. The zero-order valence-electron chi connectivity index (χ0n) is 11.2. The highest BCUT2D eigenvalue weighted by molar-refractivity contribution is 7.90. The minimum Gasteiger partial charge on any atom is -0.408 e. The number of rotatable bonds is 2. The zero-order valence-corrected chi connectivity index (χ0v) is 12.8. The van der Waals surface area contributed by atoms with Gasteiger partial charge in [-0.1, -0.05) is 16.8 Å². The first-order valence-electron chi connectivity index (χ1n) is 6.34. The van der Waals surface area contributed by atoms with Gasteiger partial charge >= 0.3 is 5.76 Å². The van der Waals surface area contributed by atoms with Crippen LogP contribution in [0.1, 0.15) is 0 Å². The highest BCUT2D eigenvalue weighted by atomic mass is 35.5. The third-order valence-corrected chi connectivity index (χ3v) is 5.10. The fourth-order valence-electron chi connectivity index (χ4n) is 2.24. The van der Waals surface area contributed by atoms with Crippen LogP contribution in [0, 0.1) is 0 Å². The minimum absolute atomic E-state index is 0.0520. The number of oxazole rings is 1. The van der Waals surface area contributed by atoms with Crippen LogP contribution in [0.4, 0.5) is 0 Å². The second-order valence-corrected chi connectivity index (χ2v) is 6.95. The van der Waals surface area contributed by atoms with Crippen LogP contribution in [-0.2, 0) is 10.0 Å². The minimum atomic E-state index is -3.98. The molecule has 0 aliphatic rings. The molecule has 23 heavy (non-hydrogen) atoms. The smallest absolute Gasteiger partial charge is 0.408 e. The van der Waals surface area contributed by atoms with E-state index in [4.69, 9.17) is 16.0 Å². The molecule has 2 aromatic carbocycles. The SMILES string of the molecule is O=c1[nH]c2cc(S(=O)(=O)n3nnc4cc(Cl)ccc43)ccc2o1. The van der Waals surface area contributed by atoms with E-state index in [-0.39, 0.29) is 16.0 Å². The summed E-state index contributed by atoms with van der Waals surface area (Å²) in [5, 5.41) is 7.94. The molecule has 2 heterocycles. The van der Waals surface area contributed by atoms with Gasteiger partial charge in [0.25, 0.3) is 10.0 Å². The van der Waals surface area contributed by atoms with Crippen LogP contribution in [0.2, 0.25) is 5.02 Å². The summed E-state index contributed by atoms with van der Waals surface area (Å²) in [6, 6.07) is 8.63.